The quantitative estimate of drug-likeness (QED) is 0.913. The lowest BCUT2D eigenvalue weighted by molar-refractivity contribution is 0.227. The van der Waals surface area contributed by atoms with Gasteiger partial charge < -0.3 is 5.73 Å². The van der Waals surface area contributed by atoms with Gasteiger partial charge in [-0.25, -0.2) is 17.2 Å². The van der Waals surface area contributed by atoms with Crippen LogP contribution in [0.5, 0.6) is 0 Å². The maximum Gasteiger partial charge on any atom is 0.185 e. The van der Waals surface area contributed by atoms with E-state index in [1.807, 2.05) is 13.8 Å². The van der Waals surface area contributed by atoms with Crippen molar-refractivity contribution in [1.29, 1.82) is 0 Å². The first-order valence-electron chi connectivity index (χ1n) is 6.58. The minimum Gasteiger partial charge on any atom is -0.327 e. The molecule has 1 saturated carbocycles. The highest BCUT2D eigenvalue weighted by Gasteiger charge is 2.42. The van der Waals surface area contributed by atoms with E-state index in [1.54, 1.807) is 0 Å². The molecule has 0 spiro atoms. The summed E-state index contributed by atoms with van der Waals surface area (Å²) in [7, 11) is -3.98. The van der Waals surface area contributed by atoms with Crippen LogP contribution in [0.25, 0.3) is 0 Å². The third-order valence-electron chi connectivity index (χ3n) is 3.98. The van der Waals surface area contributed by atoms with Crippen molar-refractivity contribution in [2.24, 2.45) is 11.1 Å². The summed E-state index contributed by atoms with van der Waals surface area (Å²) >= 11 is 0. The fourth-order valence-electron chi connectivity index (χ4n) is 2.74. The van der Waals surface area contributed by atoms with E-state index in [0.29, 0.717) is 12.8 Å². The van der Waals surface area contributed by atoms with Crippen molar-refractivity contribution in [3.05, 3.63) is 29.8 Å². The second kappa shape index (κ2) is 5.07. The Morgan fingerprint density at radius 3 is 2.60 bits per heavy atom. The average Bonchev–Trinajstić information content (AvgIpc) is 2.35. The highest BCUT2D eigenvalue weighted by atomic mass is 32.2. The number of hydrogen-bond acceptors (Lipinski definition) is 3. The number of sulfone groups is 1. The molecule has 0 amide bonds. The molecule has 3 nitrogen and oxygen atoms in total. The number of nitrogens with two attached hydrogens (primary N) is 1. The Bertz CT molecular complexity index is 614. The molecular weight excluding hydrogens is 284 g/mol. The van der Waals surface area contributed by atoms with Gasteiger partial charge in [0.05, 0.1) is 5.25 Å². The lowest BCUT2D eigenvalue weighted by Gasteiger charge is -2.38. The predicted octanol–water partition coefficient (Wildman–Crippen LogP) is 2.64. The van der Waals surface area contributed by atoms with Crippen molar-refractivity contribution < 1.29 is 17.2 Å². The van der Waals surface area contributed by atoms with E-state index in [0.717, 1.165) is 24.6 Å². The molecule has 1 aromatic rings. The highest BCUT2D eigenvalue weighted by molar-refractivity contribution is 7.92. The molecule has 1 fully saturated rings. The van der Waals surface area contributed by atoms with Crippen molar-refractivity contribution in [3.8, 4) is 0 Å². The lowest BCUT2D eigenvalue weighted by atomic mass is 9.75. The van der Waals surface area contributed by atoms with E-state index in [2.05, 4.69) is 0 Å². The Morgan fingerprint density at radius 2 is 1.95 bits per heavy atom. The Hall–Kier alpha value is -1.01. The zero-order chi connectivity index (χ0) is 15.1. The van der Waals surface area contributed by atoms with Crippen molar-refractivity contribution in [2.45, 2.75) is 49.3 Å². The van der Waals surface area contributed by atoms with Gasteiger partial charge in [-0.2, -0.15) is 0 Å². The second-order valence-corrected chi connectivity index (χ2v) is 8.36. The van der Waals surface area contributed by atoms with Crippen molar-refractivity contribution in [2.75, 3.05) is 0 Å². The molecule has 6 heteroatoms. The Kier molecular flexibility index (Phi) is 3.90. The Balaban J connectivity index is 2.46. The van der Waals surface area contributed by atoms with E-state index in [9.17, 15) is 17.2 Å². The minimum atomic E-state index is -3.98. The van der Waals surface area contributed by atoms with E-state index >= 15 is 0 Å². The summed E-state index contributed by atoms with van der Waals surface area (Å²) in [5.74, 6) is -1.70. The summed E-state index contributed by atoms with van der Waals surface area (Å²) in [5.41, 5.74) is 5.75. The largest absolute Gasteiger partial charge is 0.327 e. The number of hydrogen-bond donors (Lipinski definition) is 1. The summed E-state index contributed by atoms with van der Waals surface area (Å²) in [6.45, 7) is 3.92. The van der Waals surface area contributed by atoms with Gasteiger partial charge in [0.2, 0.25) is 0 Å². The van der Waals surface area contributed by atoms with E-state index in [4.69, 9.17) is 5.73 Å². The van der Waals surface area contributed by atoms with Crippen LogP contribution in [0, 0.1) is 17.0 Å². The molecule has 2 unspecified atom stereocenters. The van der Waals surface area contributed by atoms with Gasteiger partial charge in [0, 0.05) is 6.04 Å². The molecule has 0 saturated heterocycles. The molecule has 0 aromatic heterocycles. The fraction of sp³-hybridized carbons (Fsp3) is 0.571. The molecule has 2 atom stereocenters. The molecule has 0 heterocycles. The van der Waals surface area contributed by atoms with Crippen LogP contribution >= 0.6 is 0 Å². The number of halogens is 2. The van der Waals surface area contributed by atoms with Crippen LogP contribution in [0.4, 0.5) is 8.78 Å². The Morgan fingerprint density at radius 1 is 1.30 bits per heavy atom. The van der Waals surface area contributed by atoms with Crippen molar-refractivity contribution in [3.63, 3.8) is 0 Å². The van der Waals surface area contributed by atoms with Gasteiger partial charge in [-0.15, -0.1) is 0 Å². The topological polar surface area (TPSA) is 60.2 Å². The van der Waals surface area contributed by atoms with Crippen LogP contribution in [0.2, 0.25) is 0 Å². The van der Waals surface area contributed by atoms with Crippen LogP contribution in [0.1, 0.15) is 33.1 Å². The number of rotatable bonds is 2. The zero-order valence-corrected chi connectivity index (χ0v) is 12.4. The molecular formula is C14H19F2NO2S. The van der Waals surface area contributed by atoms with Gasteiger partial charge in [0.1, 0.15) is 16.5 Å². The zero-order valence-electron chi connectivity index (χ0n) is 11.6. The lowest BCUT2D eigenvalue weighted by Crippen LogP contribution is -2.47. The SMILES string of the molecule is CC1(C)CCC(N)C(S(=O)(=O)c2cc(F)ccc2F)C1. The summed E-state index contributed by atoms with van der Waals surface area (Å²) < 4.78 is 52.1. The van der Waals surface area contributed by atoms with E-state index in [-0.39, 0.29) is 5.41 Å². The summed E-state index contributed by atoms with van der Waals surface area (Å²) in [6.07, 6.45) is 1.74. The fourth-order valence-corrected chi connectivity index (χ4v) is 4.95. The van der Waals surface area contributed by atoms with Gasteiger partial charge in [0.25, 0.3) is 0 Å². The van der Waals surface area contributed by atoms with Gasteiger partial charge in [-0.3, -0.25) is 0 Å². The molecule has 2 rings (SSSR count). The Labute approximate surface area is 118 Å². The van der Waals surface area contributed by atoms with E-state index in [1.165, 1.54) is 0 Å². The normalized spacial score (nSPS) is 26.4. The average molecular weight is 303 g/mol. The first-order valence-corrected chi connectivity index (χ1v) is 8.13. The summed E-state index contributed by atoms with van der Waals surface area (Å²) in [4.78, 5) is -0.587. The summed E-state index contributed by atoms with van der Waals surface area (Å²) in [6, 6.07) is 1.93. The predicted molar refractivity (Wildman–Crippen MR) is 72.9 cm³/mol. The van der Waals surface area contributed by atoms with Gasteiger partial charge in [-0.05, 0) is 42.9 Å². The molecule has 0 radical (unpaired) electrons. The van der Waals surface area contributed by atoms with Crippen LogP contribution in [0.15, 0.2) is 23.1 Å². The first-order chi connectivity index (χ1) is 9.13. The standard InChI is InChI=1S/C14H19F2NO2S/c1-14(2)6-5-11(17)13(8-14)20(18,19)12-7-9(15)3-4-10(12)16/h3-4,7,11,13H,5-6,8,17H2,1-2H3. The minimum absolute atomic E-state index is 0.169. The molecule has 2 N–H and O–H groups in total. The van der Waals surface area contributed by atoms with Crippen molar-refractivity contribution in [1.82, 2.24) is 0 Å². The van der Waals surface area contributed by atoms with E-state index < -0.39 is 37.7 Å². The van der Waals surface area contributed by atoms with Crippen LogP contribution in [-0.4, -0.2) is 19.7 Å². The van der Waals surface area contributed by atoms with Crippen molar-refractivity contribution >= 4 is 9.84 Å². The van der Waals surface area contributed by atoms with Crippen LogP contribution < -0.4 is 5.73 Å². The second-order valence-electron chi connectivity index (χ2n) is 6.23. The molecule has 20 heavy (non-hydrogen) atoms. The molecule has 1 aliphatic rings. The molecule has 0 aliphatic heterocycles. The molecule has 1 aromatic carbocycles. The summed E-state index contributed by atoms with van der Waals surface area (Å²) in [5, 5.41) is -0.873. The third kappa shape index (κ3) is 2.86. The molecule has 1 aliphatic carbocycles. The monoisotopic (exact) mass is 303 g/mol. The molecule has 0 bridgehead atoms. The smallest absolute Gasteiger partial charge is 0.185 e. The number of benzene rings is 1. The maximum absolute atomic E-state index is 13.8. The molecule has 112 valence electrons. The maximum atomic E-state index is 13.8. The van der Waals surface area contributed by atoms with Crippen LogP contribution in [-0.2, 0) is 9.84 Å². The van der Waals surface area contributed by atoms with Gasteiger partial charge in [0.15, 0.2) is 9.84 Å². The third-order valence-corrected chi connectivity index (χ3v) is 6.22. The highest BCUT2D eigenvalue weighted by Crippen LogP contribution is 2.39. The first kappa shape index (κ1) is 15.4. The van der Waals surface area contributed by atoms with Crippen LogP contribution in [0.3, 0.4) is 0 Å². The van der Waals surface area contributed by atoms with Gasteiger partial charge >= 0.3 is 0 Å². The van der Waals surface area contributed by atoms with Gasteiger partial charge in [-0.1, -0.05) is 13.8 Å².